The third kappa shape index (κ3) is 2.82. The molecule has 1 aromatic heterocycles. The van der Waals surface area contributed by atoms with Gasteiger partial charge in [0.1, 0.15) is 6.54 Å². The van der Waals surface area contributed by atoms with E-state index in [1.807, 2.05) is 43.4 Å². The molecular formula is C24H25N3O3. The Morgan fingerprint density at radius 2 is 1.77 bits per heavy atom. The van der Waals surface area contributed by atoms with Crippen molar-refractivity contribution in [1.82, 2.24) is 14.4 Å². The fourth-order valence-electron chi connectivity index (χ4n) is 4.80. The van der Waals surface area contributed by atoms with Gasteiger partial charge in [-0.05, 0) is 24.6 Å². The average molecular weight is 403 g/mol. The summed E-state index contributed by atoms with van der Waals surface area (Å²) in [5.41, 5.74) is 4.98. The van der Waals surface area contributed by atoms with Gasteiger partial charge in [0.15, 0.2) is 0 Å². The minimum atomic E-state index is -0.273. The van der Waals surface area contributed by atoms with E-state index in [0.29, 0.717) is 31.9 Å². The summed E-state index contributed by atoms with van der Waals surface area (Å²) in [5.74, 6) is -0.105. The van der Waals surface area contributed by atoms with Crippen LogP contribution >= 0.6 is 0 Å². The molecule has 0 radical (unpaired) electrons. The zero-order valence-electron chi connectivity index (χ0n) is 17.3. The zero-order chi connectivity index (χ0) is 20.8. The minimum absolute atomic E-state index is 0.0256. The van der Waals surface area contributed by atoms with Crippen molar-refractivity contribution in [2.24, 2.45) is 7.05 Å². The Morgan fingerprint density at radius 1 is 1.07 bits per heavy atom. The van der Waals surface area contributed by atoms with E-state index in [2.05, 4.69) is 23.6 Å². The normalized spacial score (nSPS) is 18.9. The van der Waals surface area contributed by atoms with Crippen LogP contribution in [0.3, 0.4) is 0 Å². The molecule has 5 rings (SSSR count). The van der Waals surface area contributed by atoms with Gasteiger partial charge < -0.3 is 19.1 Å². The number of aryl methyl sites for hydroxylation is 1. The Morgan fingerprint density at radius 3 is 2.57 bits per heavy atom. The molecule has 3 aromatic rings. The van der Waals surface area contributed by atoms with E-state index in [-0.39, 0.29) is 24.4 Å². The number of morpholine rings is 1. The summed E-state index contributed by atoms with van der Waals surface area (Å²) in [6, 6.07) is 15.7. The second-order valence-corrected chi connectivity index (χ2v) is 7.99. The fourth-order valence-corrected chi connectivity index (χ4v) is 4.80. The molecule has 0 N–H and O–H groups in total. The number of para-hydroxylation sites is 1. The number of fused-ring (bicyclic) bond motifs is 2. The summed E-state index contributed by atoms with van der Waals surface area (Å²) >= 11 is 0. The lowest BCUT2D eigenvalue weighted by Gasteiger charge is -2.31. The van der Waals surface area contributed by atoms with Crippen LogP contribution in [0.5, 0.6) is 0 Å². The van der Waals surface area contributed by atoms with Crippen LogP contribution in [0, 0.1) is 6.92 Å². The first-order valence-electron chi connectivity index (χ1n) is 10.4. The number of carbonyl (C=O) groups is 2. The van der Waals surface area contributed by atoms with Crippen LogP contribution in [-0.4, -0.2) is 59.0 Å². The van der Waals surface area contributed by atoms with E-state index in [9.17, 15) is 9.59 Å². The molecular weight excluding hydrogens is 378 g/mol. The van der Waals surface area contributed by atoms with Gasteiger partial charge in [-0.3, -0.25) is 9.59 Å². The Labute approximate surface area is 175 Å². The first kappa shape index (κ1) is 18.9. The lowest BCUT2D eigenvalue weighted by atomic mass is 9.95. The van der Waals surface area contributed by atoms with Crippen molar-refractivity contribution >= 4 is 22.7 Å². The molecule has 3 heterocycles. The van der Waals surface area contributed by atoms with Crippen molar-refractivity contribution in [2.75, 3.05) is 32.8 Å². The molecule has 0 aliphatic carbocycles. The number of rotatable bonds is 3. The number of hydrogen-bond acceptors (Lipinski definition) is 3. The molecule has 154 valence electrons. The molecule has 0 saturated carbocycles. The van der Waals surface area contributed by atoms with Crippen LogP contribution in [-0.2, 0) is 16.6 Å². The van der Waals surface area contributed by atoms with Crippen molar-refractivity contribution in [2.45, 2.75) is 13.0 Å². The Bertz CT molecular complexity index is 1140. The molecule has 0 bridgehead atoms. The predicted octanol–water partition coefficient (Wildman–Crippen LogP) is 2.89. The molecule has 6 nitrogen and oxygen atoms in total. The van der Waals surface area contributed by atoms with E-state index in [0.717, 1.165) is 27.7 Å². The first-order valence-corrected chi connectivity index (χ1v) is 10.4. The number of nitrogens with zero attached hydrogens (tertiary/aromatic N) is 3. The van der Waals surface area contributed by atoms with Gasteiger partial charge in [-0.1, -0.05) is 36.4 Å². The largest absolute Gasteiger partial charge is 0.378 e. The molecule has 1 unspecified atom stereocenters. The van der Waals surface area contributed by atoms with Gasteiger partial charge in [0.2, 0.25) is 5.91 Å². The standard InChI is InChI=1S/C24H25N3O3/c1-16-22(19-9-5-6-10-20(19)25(16)2)23-17-7-3-4-8-18(17)24(29)27(23)15-21(28)26-11-13-30-14-12-26/h3-10,23H,11-15H2,1-2H3. The maximum atomic E-state index is 13.4. The molecule has 6 heteroatoms. The van der Waals surface area contributed by atoms with Gasteiger partial charge in [0.05, 0.1) is 19.3 Å². The van der Waals surface area contributed by atoms with Crippen LogP contribution in [0.15, 0.2) is 48.5 Å². The summed E-state index contributed by atoms with van der Waals surface area (Å²) in [5, 5.41) is 1.12. The van der Waals surface area contributed by atoms with Crippen LogP contribution in [0.1, 0.15) is 33.2 Å². The van der Waals surface area contributed by atoms with Crippen molar-refractivity contribution in [3.63, 3.8) is 0 Å². The molecule has 2 amide bonds. The molecule has 1 fully saturated rings. The Balaban J connectivity index is 1.61. The highest BCUT2D eigenvalue weighted by molar-refractivity contribution is 6.02. The van der Waals surface area contributed by atoms with Gasteiger partial charge >= 0.3 is 0 Å². The minimum Gasteiger partial charge on any atom is -0.378 e. The second-order valence-electron chi connectivity index (χ2n) is 7.99. The quantitative estimate of drug-likeness (QED) is 0.676. The Kier molecular flexibility index (Phi) is 4.59. The van der Waals surface area contributed by atoms with E-state index in [1.54, 1.807) is 9.80 Å². The molecule has 30 heavy (non-hydrogen) atoms. The second kappa shape index (κ2) is 7.29. The average Bonchev–Trinajstić information content (AvgIpc) is 3.20. The number of amides is 2. The van der Waals surface area contributed by atoms with E-state index >= 15 is 0 Å². The number of carbonyl (C=O) groups excluding carboxylic acids is 2. The third-order valence-electron chi connectivity index (χ3n) is 6.45. The lowest BCUT2D eigenvalue weighted by molar-refractivity contribution is -0.136. The molecule has 1 saturated heterocycles. The van der Waals surface area contributed by atoms with Crippen LogP contribution < -0.4 is 0 Å². The van der Waals surface area contributed by atoms with Crippen molar-refractivity contribution in [1.29, 1.82) is 0 Å². The monoisotopic (exact) mass is 403 g/mol. The summed E-state index contributed by atoms with van der Waals surface area (Å²) in [6.45, 7) is 4.40. The van der Waals surface area contributed by atoms with Gasteiger partial charge in [0, 0.05) is 47.9 Å². The first-order chi connectivity index (χ1) is 14.6. The molecule has 2 aliphatic heterocycles. The van der Waals surface area contributed by atoms with E-state index < -0.39 is 0 Å². The molecule has 0 spiro atoms. The fraction of sp³-hybridized carbons (Fsp3) is 0.333. The molecule has 2 aliphatic rings. The summed E-state index contributed by atoms with van der Waals surface area (Å²) < 4.78 is 7.54. The maximum absolute atomic E-state index is 13.4. The van der Waals surface area contributed by atoms with Gasteiger partial charge in [0.25, 0.3) is 5.91 Å². The smallest absolute Gasteiger partial charge is 0.255 e. The molecule has 2 aromatic carbocycles. The lowest BCUT2D eigenvalue weighted by Crippen LogP contribution is -2.46. The number of hydrogen-bond donors (Lipinski definition) is 0. The third-order valence-corrected chi connectivity index (χ3v) is 6.45. The number of aromatic nitrogens is 1. The number of ether oxygens (including phenoxy) is 1. The predicted molar refractivity (Wildman–Crippen MR) is 114 cm³/mol. The zero-order valence-corrected chi connectivity index (χ0v) is 17.3. The maximum Gasteiger partial charge on any atom is 0.255 e. The van der Waals surface area contributed by atoms with Gasteiger partial charge in [-0.25, -0.2) is 0 Å². The number of benzene rings is 2. The van der Waals surface area contributed by atoms with Gasteiger partial charge in [-0.15, -0.1) is 0 Å². The van der Waals surface area contributed by atoms with Crippen molar-refractivity contribution < 1.29 is 14.3 Å². The van der Waals surface area contributed by atoms with E-state index in [4.69, 9.17) is 4.74 Å². The Hall–Kier alpha value is -3.12. The van der Waals surface area contributed by atoms with Crippen LogP contribution in [0.2, 0.25) is 0 Å². The SMILES string of the molecule is Cc1c(C2c3ccccc3C(=O)N2CC(=O)N2CCOCC2)c2ccccc2n1C. The topological polar surface area (TPSA) is 54.8 Å². The highest BCUT2D eigenvalue weighted by Gasteiger charge is 2.41. The van der Waals surface area contributed by atoms with Crippen LogP contribution in [0.25, 0.3) is 10.9 Å². The van der Waals surface area contributed by atoms with Gasteiger partial charge in [-0.2, -0.15) is 0 Å². The van der Waals surface area contributed by atoms with Crippen LogP contribution in [0.4, 0.5) is 0 Å². The summed E-state index contributed by atoms with van der Waals surface area (Å²) in [4.78, 5) is 30.0. The van der Waals surface area contributed by atoms with Crippen molar-refractivity contribution in [3.8, 4) is 0 Å². The highest BCUT2D eigenvalue weighted by Crippen LogP contribution is 2.43. The highest BCUT2D eigenvalue weighted by atomic mass is 16.5. The summed E-state index contributed by atoms with van der Waals surface area (Å²) in [6.07, 6.45) is 0. The van der Waals surface area contributed by atoms with Crippen molar-refractivity contribution in [3.05, 3.63) is 70.9 Å². The van der Waals surface area contributed by atoms with E-state index in [1.165, 1.54) is 0 Å². The molecule has 1 atom stereocenters. The summed E-state index contributed by atoms with van der Waals surface area (Å²) in [7, 11) is 2.05.